The van der Waals surface area contributed by atoms with Crippen molar-refractivity contribution in [2.45, 2.75) is 20.3 Å². The SMILES string of the molecule is COC1=CC(=O)c2cc(C)c(CC(C)=O)c(O)c2C1=O. The molecule has 0 fully saturated rings. The van der Waals surface area contributed by atoms with Gasteiger partial charge in [0.15, 0.2) is 11.5 Å². The first-order chi connectivity index (χ1) is 9.36. The second-order valence-corrected chi connectivity index (χ2v) is 4.73. The third-order valence-corrected chi connectivity index (χ3v) is 3.25. The zero-order valence-electron chi connectivity index (χ0n) is 11.4. The lowest BCUT2D eigenvalue weighted by Crippen LogP contribution is -2.19. The highest BCUT2D eigenvalue weighted by Gasteiger charge is 2.31. The molecule has 0 amide bonds. The molecule has 0 heterocycles. The highest BCUT2D eigenvalue weighted by molar-refractivity contribution is 6.25. The normalized spacial score (nSPS) is 13.8. The van der Waals surface area contributed by atoms with Gasteiger partial charge in [-0.15, -0.1) is 0 Å². The number of ketones is 3. The maximum absolute atomic E-state index is 12.2. The Bertz CT molecular complexity index is 667. The summed E-state index contributed by atoms with van der Waals surface area (Å²) in [6, 6.07) is 1.52. The minimum absolute atomic E-state index is 0.0123. The summed E-state index contributed by atoms with van der Waals surface area (Å²) in [5.74, 6) is -1.51. The third-order valence-electron chi connectivity index (χ3n) is 3.25. The number of rotatable bonds is 3. The van der Waals surface area contributed by atoms with Crippen molar-refractivity contribution in [1.29, 1.82) is 0 Å². The lowest BCUT2D eigenvalue weighted by atomic mass is 9.87. The van der Waals surface area contributed by atoms with E-state index in [-0.39, 0.29) is 34.8 Å². The van der Waals surface area contributed by atoms with Gasteiger partial charge in [0.2, 0.25) is 5.78 Å². The van der Waals surface area contributed by atoms with Gasteiger partial charge in [0.1, 0.15) is 11.5 Å². The van der Waals surface area contributed by atoms with Crippen LogP contribution < -0.4 is 0 Å². The van der Waals surface area contributed by atoms with Gasteiger partial charge in [-0.3, -0.25) is 14.4 Å². The number of carbonyl (C=O) groups excluding carboxylic acids is 3. The van der Waals surface area contributed by atoms with Gasteiger partial charge < -0.3 is 9.84 Å². The first-order valence-corrected chi connectivity index (χ1v) is 6.06. The lowest BCUT2D eigenvalue weighted by molar-refractivity contribution is -0.116. The van der Waals surface area contributed by atoms with Crippen LogP contribution in [0.25, 0.3) is 0 Å². The van der Waals surface area contributed by atoms with Crippen molar-refractivity contribution in [2.24, 2.45) is 0 Å². The van der Waals surface area contributed by atoms with E-state index in [9.17, 15) is 19.5 Å². The topological polar surface area (TPSA) is 80.7 Å². The Balaban J connectivity index is 2.70. The average molecular weight is 274 g/mol. The largest absolute Gasteiger partial charge is 0.507 e. The molecule has 0 bridgehead atoms. The molecule has 0 spiro atoms. The Hall–Kier alpha value is -2.43. The molecule has 1 aromatic rings. The molecule has 0 aliphatic heterocycles. The van der Waals surface area contributed by atoms with Crippen molar-refractivity contribution in [1.82, 2.24) is 0 Å². The third kappa shape index (κ3) is 2.11. The van der Waals surface area contributed by atoms with Crippen molar-refractivity contribution in [3.05, 3.63) is 40.2 Å². The molecule has 0 saturated heterocycles. The predicted molar refractivity (Wildman–Crippen MR) is 71.0 cm³/mol. The van der Waals surface area contributed by atoms with E-state index in [1.165, 1.54) is 20.1 Å². The van der Waals surface area contributed by atoms with Crippen LogP contribution in [-0.2, 0) is 16.0 Å². The van der Waals surface area contributed by atoms with Gasteiger partial charge in [0.05, 0.1) is 12.7 Å². The summed E-state index contributed by atoms with van der Waals surface area (Å²) in [4.78, 5) is 35.4. The van der Waals surface area contributed by atoms with Crippen LogP contribution in [0.3, 0.4) is 0 Å². The van der Waals surface area contributed by atoms with E-state index >= 15 is 0 Å². The van der Waals surface area contributed by atoms with Gasteiger partial charge in [-0.25, -0.2) is 0 Å². The Morgan fingerprint density at radius 1 is 1.35 bits per heavy atom. The molecule has 0 unspecified atom stereocenters. The van der Waals surface area contributed by atoms with Gasteiger partial charge >= 0.3 is 0 Å². The standard InChI is InChI=1S/C15H14O5/c1-7-4-10-11(17)6-12(20-3)15(19)13(10)14(18)9(7)5-8(2)16/h4,6,18H,5H2,1-3H3. The van der Waals surface area contributed by atoms with Crippen LogP contribution >= 0.6 is 0 Å². The average Bonchev–Trinajstić information content (AvgIpc) is 2.37. The summed E-state index contributed by atoms with van der Waals surface area (Å²) >= 11 is 0. The van der Waals surface area contributed by atoms with Crippen LogP contribution in [0.2, 0.25) is 0 Å². The minimum Gasteiger partial charge on any atom is -0.507 e. The lowest BCUT2D eigenvalue weighted by Gasteiger charge is -2.18. The number of phenols is 1. The number of ether oxygens (including phenoxy) is 1. The molecule has 1 aliphatic carbocycles. The van der Waals surface area contributed by atoms with Crippen molar-refractivity contribution < 1.29 is 24.2 Å². The zero-order chi connectivity index (χ0) is 15.0. The van der Waals surface area contributed by atoms with Gasteiger partial charge in [-0.2, -0.15) is 0 Å². The molecule has 0 radical (unpaired) electrons. The highest BCUT2D eigenvalue weighted by atomic mass is 16.5. The zero-order valence-corrected chi connectivity index (χ0v) is 11.4. The van der Waals surface area contributed by atoms with Gasteiger partial charge in [-0.05, 0) is 25.5 Å². The fourth-order valence-corrected chi connectivity index (χ4v) is 2.27. The number of aromatic hydroxyl groups is 1. The van der Waals surface area contributed by atoms with Crippen molar-refractivity contribution >= 4 is 17.3 Å². The van der Waals surface area contributed by atoms with E-state index in [1.54, 1.807) is 6.92 Å². The summed E-state index contributed by atoms with van der Waals surface area (Å²) in [6.07, 6.45) is 1.12. The van der Waals surface area contributed by atoms with E-state index in [1.807, 2.05) is 0 Å². The fraction of sp³-hybridized carbons (Fsp3) is 0.267. The van der Waals surface area contributed by atoms with Crippen LogP contribution in [0.4, 0.5) is 0 Å². The summed E-state index contributed by atoms with van der Waals surface area (Å²) in [5, 5.41) is 10.3. The first kappa shape index (κ1) is 14.0. The molecule has 5 heteroatoms. The van der Waals surface area contributed by atoms with Crippen LogP contribution in [0.1, 0.15) is 38.8 Å². The van der Waals surface area contributed by atoms with Crippen molar-refractivity contribution in [2.75, 3.05) is 7.11 Å². The second kappa shape index (κ2) is 4.92. The number of methoxy groups -OCH3 is 1. The summed E-state index contributed by atoms with van der Waals surface area (Å²) < 4.78 is 4.85. The quantitative estimate of drug-likeness (QED) is 0.908. The first-order valence-electron chi connectivity index (χ1n) is 6.06. The molecular formula is C15H14O5. The Morgan fingerprint density at radius 3 is 2.55 bits per heavy atom. The van der Waals surface area contributed by atoms with Crippen molar-refractivity contribution in [3.63, 3.8) is 0 Å². The molecule has 1 aliphatic rings. The molecule has 1 aromatic carbocycles. The molecule has 0 aromatic heterocycles. The molecule has 104 valence electrons. The molecule has 0 saturated carbocycles. The molecular weight excluding hydrogens is 260 g/mol. The Kier molecular flexibility index (Phi) is 3.44. The van der Waals surface area contributed by atoms with Gasteiger partial charge in [-0.1, -0.05) is 0 Å². The number of phenolic OH excluding ortho intramolecular Hbond substituents is 1. The molecule has 1 N–H and O–H groups in total. The van der Waals surface area contributed by atoms with E-state index in [2.05, 4.69) is 0 Å². The minimum atomic E-state index is -0.551. The molecule has 2 rings (SSSR count). The second-order valence-electron chi connectivity index (χ2n) is 4.73. The number of fused-ring (bicyclic) bond motifs is 1. The van der Waals surface area contributed by atoms with Crippen molar-refractivity contribution in [3.8, 4) is 5.75 Å². The highest BCUT2D eigenvalue weighted by Crippen LogP contribution is 2.34. The number of hydrogen-bond acceptors (Lipinski definition) is 5. The number of hydrogen-bond donors (Lipinski definition) is 1. The predicted octanol–water partition coefficient (Wildman–Crippen LogP) is 1.74. The van der Waals surface area contributed by atoms with E-state index in [0.717, 1.165) is 6.08 Å². The maximum atomic E-state index is 12.2. The number of carbonyl (C=O) groups is 3. The monoisotopic (exact) mass is 274 g/mol. The number of benzene rings is 1. The summed E-state index contributed by atoms with van der Waals surface area (Å²) in [5.41, 5.74) is 1.02. The maximum Gasteiger partial charge on any atom is 0.232 e. The van der Waals surface area contributed by atoms with E-state index < -0.39 is 11.6 Å². The van der Waals surface area contributed by atoms with E-state index in [4.69, 9.17) is 4.74 Å². The number of aryl methyl sites for hydroxylation is 1. The van der Waals surface area contributed by atoms with Crippen LogP contribution in [0.5, 0.6) is 5.75 Å². The van der Waals surface area contributed by atoms with Gasteiger partial charge in [0, 0.05) is 23.6 Å². The molecule has 20 heavy (non-hydrogen) atoms. The molecule has 5 nitrogen and oxygen atoms in total. The van der Waals surface area contributed by atoms with Gasteiger partial charge in [0.25, 0.3) is 0 Å². The number of Topliss-reactive ketones (excluding diaryl/α,β-unsaturated/α-hetero) is 2. The van der Waals surface area contributed by atoms with Crippen LogP contribution in [0, 0.1) is 6.92 Å². The van der Waals surface area contributed by atoms with E-state index in [0.29, 0.717) is 11.1 Å². The Labute approximate surface area is 115 Å². The number of allylic oxidation sites excluding steroid dienone is 2. The fourth-order valence-electron chi connectivity index (χ4n) is 2.27. The smallest absolute Gasteiger partial charge is 0.232 e. The summed E-state index contributed by atoms with van der Waals surface area (Å²) in [7, 11) is 1.28. The summed E-state index contributed by atoms with van der Waals surface area (Å²) in [6.45, 7) is 3.08. The van der Waals surface area contributed by atoms with Crippen LogP contribution in [-0.4, -0.2) is 29.6 Å². The molecule has 0 atom stereocenters. The Morgan fingerprint density at radius 2 is 2.00 bits per heavy atom. The van der Waals surface area contributed by atoms with Crippen LogP contribution in [0.15, 0.2) is 17.9 Å².